The molecule has 20 radical (unpaired) electrons. The van der Waals surface area contributed by atoms with Gasteiger partial charge in [-0.25, -0.2) is 0 Å². The first-order valence-corrected chi connectivity index (χ1v) is 8.94. The molecule has 0 saturated heterocycles. The predicted octanol–water partition coefficient (Wildman–Crippen LogP) is 4.14. The maximum absolute atomic E-state index is 11.9. The SMILES string of the molecule is C[C]1[CH][CH][CH][C]1C(=O)CC(=O)[C]1[CH][CH][CH][C]1C.[CH]1[CH][CH][CH][CH]1.[CH]1[CH][CH][CH][CH]1.[Fe].[Fe]. The molecule has 4 rings (SSSR count). The molecule has 0 aromatic heterocycles. The van der Waals surface area contributed by atoms with Gasteiger partial charge in [-0.2, -0.15) is 0 Å². The van der Waals surface area contributed by atoms with E-state index in [2.05, 4.69) is 0 Å². The second kappa shape index (κ2) is 17.0. The van der Waals surface area contributed by atoms with Crippen molar-refractivity contribution in [2.75, 3.05) is 0 Å². The molecule has 0 amide bonds. The Bertz CT molecular complexity index is 389. The molecular formula is C25H24Fe2O2. The van der Waals surface area contributed by atoms with E-state index in [9.17, 15) is 9.59 Å². The van der Waals surface area contributed by atoms with E-state index in [0.717, 1.165) is 11.8 Å². The molecule has 0 heterocycles. The van der Waals surface area contributed by atoms with Crippen molar-refractivity contribution in [2.45, 2.75) is 20.3 Å². The van der Waals surface area contributed by atoms with Crippen LogP contribution in [-0.2, 0) is 43.7 Å². The Kier molecular flexibility index (Phi) is 17.2. The van der Waals surface area contributed by atoms with E-state index < -0.39 is 0 Å². The van der Waals surface area contributed by atoms with Gasteiger partial charge in [0.05, 0.1) is 18.3 Å². The molecule has 0 atom stereocenters. The van der Waals surface area contributed by atoms with E-state index >= 15 is 0 Å². The summed E-state index contributed by atoms with van der Waals surface area (Å²) in [5, 5.41) is 0. The van der Waals surface area contributed by atoms with Crippen LogP contribution < -0.4 is 0 Å². The van der Waals surface area contributed by atoms with Crippen LogP contribution in [-0.4, -0.2) is 11.6 Å². The van der Waals surface area contributed by atoms with Crippen molar-refractivity contribution in [1.29, 1.82) is 0 Å². The predicted molar refractivity (Wildman–Crippen MR) is 108 cm³/mol. The van der Waals surface area contributed by atoms with Gasteiger partial charge in [0.15, 0.2) is 0 Å². The van der Waals surface area contributed by atoms with Crippen molar-refractivity contribution in [1.82, 2.24) is 0 Å². The van der Waals surface area contributed by atoms with Crippen LogP contribution in [0.4, 0.5) is 0 Å². The zero-order valence-corrected chi connectivity index (χ0v) is 18.7. The summed E-state index contributed by atoms with van der Waals surface area (Å²) >= 11 is 0. The van der Waals surface area contributed by atoms with Crippen molar-refractivity contribution >= 4 is 11.6 Å². The van der Waals surface area contributed by atoms with Gasteiger partial charge in [0.25, 0.3) is 0 Å². The maximum Gasteiger partial charge on any atom is 0.148 e. The molecule has 152 valence electrons. The van der Waals surface area contributed by atoms with E-state index in [1.165, 1.54) is 0 Å². The second-order valence-corrected chi connectivity index (χ2v) is 6.19. The smallest absolute Gasteiger partial charge is 0.148 e. The summed E-state index contributed by atoms with van der Waals surface area (Å²) in [5.41, 5.74) is 0. The zero-order chi connectivity index (χ0) is 19.5. The average Bonchev–Trinajstić information content (AvgIpc) is 3.43. The third kappa shape index (κ3) is 11.0. The molecule has 4 heteroatoms. The molecule has 0 aromatic rings. The van der Waals surface area contributed by atoms with E-state index in [1.54, 1.807) is 12.8 Å². The Hall–Kier alpha value is 0.379. The van der Waals surface area contributed by atoms with E-state index in [-0.39, 0.29) is 52.1 Å². The molecule has 2 nitrogen and oxygen atoms in total. The quantitative estimate of drug-likeness (QED) is 0.460. The van der Waals surface area contributed by atoms with Gasteiger partial charge in [-0.1, -0.05) is 13.8 Å². The third-order valence-corrected chi connectivity index (χ3v) is 4.10. The molecule has 4 aliphatic rings. The number of ketones is 2. The minimum absolute atomic E-state index is 0. The zero-order valence-electron chi connectivity index (χ0n) is 16.5. The van der Waals surface area contributed by atoms with Crippen molar-refractivity contribution < 1.29 is 43.7 Å². The minimum Gasteiger partial charge on any atom is -0.299 e. The van der Waals surface area contributed by atoms with Gasteiger partial charge in [-0.15, -0.1) is 0 Å². The number of rotatable bonds is 4. The number of hydrogen-bond donors (Lipinski definition) is 0. The molecule has 0 bridgehead atoms. The Morgan fingerprint density at radius 2 is 0.793 bits per heavy atom. The van der Waals surface area contributed by atoms with Gasteiger partial charge in [-0.3, -0.25) is 9.59 Å². The summed E-state index contributed by atoms with van der Waals surface area (Å²) < 4.78 is 0. The van der Waals surface area contributed by atoms with Gasteiger partial charge >= 0.3 is 0 Å². The molecule has 0 spiro atoms. The standard InChI is InChI=1S/C15H14O2.2C5H5.2Fe/c1-10-5-3-7-12(10)14(16)9-15(17)13-8-4-6-11(13)2;2*1-2-4-5-3-1;;/h3-8H,9H2,1-2H3;2*1-5H;;. The Morgan fingerprint density at radius 1 is 0.517 bits per heavy atom. The van der Waals surface area contributed by atoms with E-state index in [1.807, 2.05) is 104 Å². The van der Waals surface area contributed by atoms with Crippen LogP contribution in [0.5, 0.6) is 0 Å². The fourth-order valence-electron chi connectivity index (χ4n) is 2.62. The summed E-state index contributed by atoms with van der Waals surface area (Å²) in [6.45, 7) is 3.76. The molecule has 29 heavy (non-hydrogen) atoms. The van der Waals surface area contributed by atoms with E-state index in [4.69, 9.17) is 0 Å². The molecule has 0 unspecified atom stereocenters. The average molecular weight is 468 g/mol. The molecule has 4 aliphatic carbocycles. The summed E-state index contributed by atoms with van der Waals surface area (Å²) in [7, 11) is 0. The summed E-state index contributed by atoms with van der Waals surface area (Å²) in [4.78, 5) is 23.8. The van der Waals surface area contributed by atoms with Crippen LogP contribution >= 0.6 is 0 Å². The van der Waals surface area contributed by atoms with Crippen LogP contribution in [0.25, 0.3) is 0 Å². The van der Waals surface area contributed by atoms with Gasteiger partial charge < -0.3 is 0 Å². The Labute approximate surface area is 201 Å². The number of carbonyl (C=O) groups excluding carboxylic acids is 2. The number of carbonyl (C=O) groups is 2. The molecule has 4 fully saturated rings. The van der Waals surface area contributed by atoms with Crippen molar-refractivity contribution in [3.05, 3.63) is 126 Å². The second-order valence-electron chi connectivity index (χ2n) is 6.19. The topological polar surface area (TPSA) is 34.1 Å². The first-order valence-electron chi connectivity index (χ1n) is 8.94. The largest absolute Gasteiger partial charge is 0.299 e. The van der Waals surface area contributed by atoms with Crippen LogP contribution in [0.2, 0.25) is 0 Å². The molecule has 0 aliphatic heterocycles. The van der Waals surface area contributed by atoms with Crippen LogP contribution in [0, 0.1) is 126 Å². The molecular weight excluding hydrogens is 444 g/mol. The van der Waals surface area contributed by atoms with Crippen LogP contribution in [0.3, 0.4) is 0 Å². The van der Waals surface area contributed by atoms with Crippen molar-refractivity contribution in [3.63, 3.8) is 0 Å². The summed E-state index contributed by atoms with van der Waals surface area (Å²) in [6.07, 6.45) is 30.9. The van der Waals surface area contributed by atoms with E-state index in [0.29, 0.717) is 11.8 Å². The third-order valence-electron chi connectivity index (χ3n) is 4.10. The molecule has 0 aromatic carbocycles. The molecule has 0 N–H and O–H groups in total. The van der Waals surface area contributed by atoms with Gasteiger partial charge in [-0.05, 0) is 115 Å². The fraction of sp³-hybridized carbons (Fsp3) is 0.120. The monoisotopic (exact) mass is 468 g/mol. The van der Waals surface area contributed by atoms with Crippen LogP contribution in [0.15, 0.2) is 0 Å². The number of hydrogen-bond acceptors (Lipinski definition) is 2. The van der Waals surface area contributed by atoms with Gasteiger partial charge in [0, 0.05) is 34.1 Å². The normalized spacial score (nSPS) is 22.7. The first kappa shape index (κ1) is 29.4. The maximum atomic E-state index is 11.9. The molecule has 4 saturated carbocycles. The number of Topliss-reactive ketones (excluding diaryl/α,β-unsaturated/α-hetero) is 2. The summed E-state index contributed by atoms with van der Waals surface area (Å²) in [5.74, 6) is 2.98. The minimum atomic E-state index is -0.0990. The Morgan fingerprint density at radius 3 is 1.00 bits per heavy atom. The van der Waals surface area contributed by atoms with Gasteiger partial charge in [0.2, 0.25) is 0 Å². The first-order chi connectivity index (χ1) is 13.1. The summed E-state index contributed by atoms with van der Waals surface area (Å²) in [6, 6.07) is 0. The van der Waals surface area contributed by atoms with Gasteiger partial charge in [0.1, 0.15) is 11.6 Å². The van der Waals surface area contributed by atoms with Crippen LogP contribution in [0.1, 0.15) is 20.3 Å². The van der Waals surface area contributed by atoms with Crippen molar-refractivity contribution in [2.24, 2.45) is 0 Å². The van der Waals surface area contributed by atoms with Crippen molar-refractivity contribution in [3.8, 4) is 0 Å². The Balaban J connectivity index is 0.000000537. The fourth-order valence-corrected chi connectivity index (χ4v) is 2.62.